The lowest BCUT2D eigenvalue weighted by Crippen LogP contribution is -2.29. The number of hydrogen-bond donors (Lipinski definition) is 0. The average molecular weight is 293 g/mol. The summed E-state index contributed by atoms with van der Waals surface area (Å²) in [5, 5.41) is 0. The van der Waals surface area contributed by atoms with Crippen molar-refractivity contribution in [1.29, 1.82) is 0 Å². The van der Waals surface area contributed by atoms with Crippen molar-refractivity contribution in [2.24, 2.45) is 5.92 Å². The van der Waals surface area contributed by atoms with E-state index >= 15 is 0 Å². The molecule has 1 aromatic rings. The van der Waals surface area contributed by atoms with Crippen LogP contribution in [0.2, 0.25) is 0 Å². The lowest BCUT2D eigenvalue weighted by Gasteiger charge is -2.23. The maximum Gasteiger partial charge on any atom is 0.340 e. The maximum absolute atomic E-state index is 12.3. The molecule has 0 aliphatic rings. The molecular formula is C17H27NO3. The normalized spacial score (nSPS) is 13.8. The minimum absolute atomic E-state index is 0.0474. The SMILES string of the molecule is CCOC(=O)c1c(C)cc(=O)n(C(C)CC(C)CC)c1C. The summed E-state index contributed by atoms with van der Waals surface area (Å²) in [5.74, 6) is 0.190. The van der Waals surface area contributed by atoms with Gasteiger partial charge in [-0.1, -0.05) is 20.3 Å². The fourth-order valence-electron chi connectivity index (χ4n) is 2.81. The highest BCUT2D eigenvalue weighted by Gasteiger charge is 2.21. The van der Waals surface area contributed by atoms with Crippen LogP contribution >= 0.6 is 0 Å². The summed E-state index contributed by atoms with van der Waals surface area (Å²) in [5.41, 5.74) is 1.86. The molecule has 4 heteroatoms. The van der Waals surface area contributed by atoms with Crippen LogP contribution in [0.5, 0.6) is 0 Å². The van der Waals surface area contributed by atoms with E-state index in [2.05, 4.69) is 13.8 Å². The third kappa shape index (κ3) is 3.96. The van der Waals surface area contributed by atoms with Crippen LogP contribution in [0.1, 0.15) is 68.2 Å². The third-order valence-corrected chi connectivity index (χ3v) is 4.06. The molecule has 21 heavy (non-hydrogen) atoms. The summed E-state index contributed by atoms with van der Waals surface area (Å²) in [6.45, 7) is 12.1. The molecule has 0 radical (unpaired) electrons. The zero-order chi connectivity index (χ0) is 16.2. The highest BCUT2D eigenvalue weighted by molar-refractivity contribution is 5.92. The Morgan fingerprint density at radius 2 is 1.90 bits per heavy atom. The van der Waals surface area contributed by atoms with Crippen LogP contribution in [0.15, 0.2) is 10.9 Å². The van der Waals surface area contributed by atoms with Crippen molar-refractivity contribution in [3.8, 4) is 0 Å². The van der Waals surface area contributed by atoms with Gasteiger partial charge in [0.2, 0.25) is 0 Å². The van der Waals surface area contributed by atoms with E-state index in [4.69, 9.17) is 4.74 Å². The summed E-state index contributed by atoms with van der Waals surface area (Å²) < 4.78 is 6.84. The lowest BCUT2D eigenvalue weighted by atomic mass is 9.99. The first kappa shape index (κ1) is 17.5. The number of carbonyl (C=O) groups is 1. The zero-order valence-electron chi connectivity index (χ0n) is 14.0. The summed E-state index contributed by atoms with van der Waals surface area (Å²) >= 11 is 0. The van der Waals surface area contributed by atoms with Crippen molar-refractivity contribution in [1.82, 2.24) is 4.57 Å². The Hall–Kier alpha value is -1.58. The number of esters is 1. The summed E-state index contributed by atoms with van der Waals surface area (Å²) in [4.78, 5) is 24.4. The van der Waals surface area contributed by atoms with Gasteiger partial charge in [-0.2, -0.15) is 0 Å². The monoisotopic (exact) mass is 293 g/mol. The number of aromatic nitrogens is 1. The minimum Gasteiger partial charge on any atom is -0.462 e. The molecule has 1 rings (SSSR count). The molecule has 1 heterocycles. The first-order chi connectivity index (χ1) is 9.83. The second-order valence-electron chi connectivity index (χ2n) is 5.81. The number of nitrogens with zero attached hydrogens (tertiary/aromatic N) is 1. The zero-order valence-corrected chi connectivity index (χ0v) is 14.0. The Morgan fingerprint density at radius 1 is 1.29 bits per heavy atom. The molecule has 0 saturated carbocycles. The second-order valence-corrected chi connectivity index (χ2v) is 5.81. The molecule has 4 nitrogen and oxygen atoms in total. The van der Waals surface area contributed by atoms with Crippen LogP contribution in [0.4, 0.5) is 0 Å². The van der Waals surface area contributed by atoms with Crippen LogP contribution in [-0.4, -0.2) is 17.1 Å². The fraction of sp³-hybridized carbons (Fsp3) is 0.647. The molecule has 0 aliphatic heterocycles. The molecule has 0 N–H and O–H groups in total. The summed E-state index contributed by atoms with van der Waals surface area (Å²) in [6, 6.07) is 1.60. The van der Waals surface area contributed by atoms with Gasteiger partial charge in [0.25, 0.3) is 5.56 Å². The Balaban J connectivity index is 3.30. The highest BCUT2D eigenvalue weighted by atomic mass is 16.5. The number of pyridine rings is 1. The summed E-state index contributed by atoms with van der Waals surface area (Å²) in [6.07, 6.45) is 2.00. The van der Waals surface area contributed by atoms with Crippen LogP contribution in [0, 0.1) is 19.8 Å². The van der Waals surface area contributed by atoms with Gasteiger partial charge in [-0.15, -0.1) is 0 Å². The molecule has 1 aromatic heterocycles. The van der Waals surface area contributed by atoms with Crippen LogP contribution in [0.3, 0.4) is 0 Å². The van der Waals surface area contributed by atoms with Crippen LogP contribution < -0.4 is 5.56 Å². The first-order valence-corrected chi connectivity index (χ1v) is 7.73. The number of ether oxygens (including phenoxy) is 1. The molecule has 0 fully saturated rings. The molecule has 2 unspecified atom stereocenters. The highest BCUT2D eigenvalue weighted by Crippen LogP contribution is 2.22. The van der Waals surface area contributed by atoms with Crippen molar-refractivity contribution in [3.05, 3.63) is 33.2 Å². The lowest BCUT2D eigenvalue weighted by molar-refractivity contribution is 0.0523. The predicted octanol–water partition coefficient (Wildman–Crippen LogP) is 3.64. The van der Waals surface area contributed by atoms with Gasteiger partial charge in [0.15, 0.2) is 0 Å². The number of hydrogen-bond acceptors (Lipinski definition) is 3. The van der Waals surface area contributed by atoms with Crippen molar-refractivity contribution in [2.75, 3.05) is 6.61 Å². The number of carbonyl (C=O) groups excluding carboxylic acids is 1. The van der Waals surface area contributed by atoms with Crippen LogP contribution in [-0.2, 0) is 4.74 Å². The third-order valence-electron chi connectivity index (χ3n) is 4.06. The predicted molar refractivity (Wildman–Crippen MR) is 84.9 cm³/mol. The van der Waals surface area contributed by atoms with Crippen molar-refractivity contribution in [3.63, 3.8) is 0 Å². The van der Waals surface area contributed by atoms with E-state index in [1.807, 2.05) is 13.8 Å². The molecule has 0 bridgehead atoms. The molecule has 2 atom stereocenters. The van der Waals surface area contributed by atoms with E-state index < -0.39 is 0 Å². The molecule has 0 saturated heterocycles. The van der Waals surface area contributed by atoms with Gasteiger partial charge < -0.3 is 9.30 Å². The van der Waals surface area contributed by atoms with Gasteiger partial charge >= 0.3 is 5.97 Å². The van der Waals surface area contributed by atoms with Gasteiger partial charge in [-0.05, 0) is 45.6 Å². The van der Waals surface area contributed by atoms with Gasteiger partial charge in [0.05, 0.1) is 12.2 Å². The Labute approximate surface area is 127 Å². The van der Waals surface area contributed by atoms with Crippen molar-refractivity contribution in [2.45, 2.75) is 60.4 Å². The van der Waals surface area contributed by atoms with E-state index in [1.54, 1.807) is 18.4 Å². The van der Waals surface area contributed by atoms with E-state index in [1.165, 1.54) is 6.07 Å². The fourth-order valence-corrected chi connectivity index (χ4v) is 2.81. The van der Waals surface area contributed by atoms with E-state index in [0.717, 1.165) is 12.8 Å². The van der Waals surface area contributed by atoms with Crippen molar-refractivity contribution < 1.29 is 9.53 Å². The molecule has 0 aliphatic carbocycles. The summed E-state index contributed by atoms with van der Waals surface area (Å²) in [7, 11) is 0. The van der Waals surface area contributed by atoms with Gasteiger partial charge in [0.1, 0.15) is 0 Å². The van der Waals surface area contributed by atoms with E-state index in [9.17, 15) is 9.59 Å². The van der Waals surface area contributed by atoms with E-state index in [-0.39, 0.29) is 17.6 Å². The standard InChI is InChI=1S/C17H27NO3/c1-7-11(3)9-13(5)18-14(6)16(17(20)21-8-2)12(4)10-15(18)19/h10-11,13H,7-9H2,1-6H3. The second kappa shape index (κ2) is 7.43. The van der Waals surface area contributed by atoms with E-state index in [0.29, 0.717) is 29.3 Å². The van der Waals surface area contributed by atoms with Gasteiger partial charge in [0, 0.05) is 17.8 Å². The topological polar surface area (TPSA) is 48.3 Å². The van der Waals surface area contributed by atoms with Crippen LogP contribution in [0.25, 0.3) is 0 Å². The van der Waals surface area contributed by atoms with Gasteiger partial charge in [-0.3, -0.25) is 4.79 Å². The quantitative estimate of drug-likeness (QED) is 0.752. The molecule has 0 spiro atoms. The first-order valence-electron chi connectivity index (χ1n) is 7.73. The molecule has 0 aromatic carbocycles. The Morgan fingerprint density at radius 3 is 2.43 bits per heavy atom. The smallest absolute Gasteiger partial charge is 0.340 e. The maximum atomic E-state index is 12.3. The average Bonchev–Trinajstić information content (AvgIpc) is 2.37. The van der Waals surface area contributed by atoms with Crippen molar-refractivity contribution >= 4 is 5.97 Å². The molecule has 0 amide bonds. The number of rotatable bonds is 6. The van der Waals surface area contributed by atoms with Gasteiger partial charge in [-0.25, -0.2) is 4.79 Å². The molecular weight excluding hydrogens is 266 g/mol. The minimum atomic E-state index is -0.350. The Kier molecular flexibility index (Phi) is 6.19. The number of aryl methyl sites for hydroxylation is 1. The molecule has 118 valence electrons. The Bertz CT molecular complexity index is 560. The largest absolute Gasteiger partial charge is 0.462 e.